The van der Waals surface area contributed by atoms with Gasteiger partial charge >= 0.3 is 111 Å². The van der Waals surface area contributed by atoms with Crippen molar-refractivity contribution in [3.63, 3.8) is 0 Å². The topological polar surface area (TPSA) is 304 Å². The van der Waals surface area contributed by atoms with Gasteiger partial charge in [0.2, 0.25) is 0 Å². The van der Waals surface area contributed by atoms with Crippen LogP contribution < -0.4 is 0 Å². The maximum absolute atomic E-state index is 8.95. The summed E-state index contributed by atoms with van der Waals surface area (Å²) in [5.41, 5.74) is 0. The van der Waals surface area contributed by atoms with Gasteiger partial charge in [-0.2, -0.15) is 0 Å². The molecule has 23 heavy (non-hydrogen) atoms. The molecule has 0 aliphatic heterocycles. The second kappa shape index (κ2) is 148. The van der Waals surface area contributed by atoms with Gasteiger partial charge in [0, 0.05) is 0 Å². The number of nitrogens with zero attached hydrogens (tertiary/aromatic N) is 2. The zero-order valence-corrected chi connectivity index (χ0v) is 11.2. The third-order valence-electron chi connectivity index (χ3n) is 0.333. The van der Waals surface area contributed by atoms with Crippen molar-refractivity contribution in [1.82, 2.24) is 0 Å². The summed E-state index contributed by atoms with van der Waals surface area (Å²) in [6, 6.07) is 0. The van der Waals surface area contributed by atoms with Crippen LogP contribution >= 0.6 is 0 Å². The maximum atomic E-state index is 8.95. The zero-order chi connectivity index (χ0) is 16.4. The Balaban J connectivity index is -0.0000000152. The molecular weight excluding hydrogens is 322 g/mol. The van der Waals surface area contributed by atoms with Gasteiger partial charge in [0.05, 0.1) is 0 Å². The Bertz CT molecular complexity index is 208. The third-order valence-corrected chi connectivity index (χ3v) is 0.333. The summed E-state index contributed by atoms with van der Waals surface area (Å²) >= 11 is 0. The fraction of sp³-hybridized carbons (Fsp3) is 0. The molecule has 15 nitrogen and oxygen atoms in total. The van der Waals surface area contributed by atoms with Gasteiger partial charge in [-0.3, -0.25) is 0 Å². The predicted octanol–water partition coefficient (Wildman–Crippen LogP) is -7.23. The molecule has 8 N–H and O–H groups in total. The molecule has 0 aromatic carbocycles. The minimum absolute atomic E-state index is 0. The zero-order valence-electron chi connectivity index (χ0n) is 11.2. The van der Waals surface area contributed by atoms with Crippen molar-refractivity contribution in [2.45, 2.75) is 0 Å². The first-order chi connectivity index (χ1) is 9.24. The number of hydrogen-bond donors (Lipinski definition) is 0. The van der Waals surface area contributed by atoms with E-state index in [1.54, 1.807) is 0 Å². The van der Waals surface area contributed by atoms with E-state index in [1.807, 2.05) is 0 Å². The monoisotopic (exact) mass is 332 g/mol. The van der Waals surface area contributed by atoms with Crippen LogP contribution in [0.5, 0.6) is 0 Å². The molecule has 0 amide bonds. The Morgan fingerprint density at radius 2 is 0.522 bits per heavy atom. The second-order valence-corrected chi connectivity index (χ2v) is 0.986. The molecule has 0 aliphatic carbocycles. The molecule has 120 valence electrons. The summed E-state index contributed by atoms with van der Waals surface area (Å²) in [5, 5.41) is 13.0. The quantitative estimate of drug-likeness (QED) is 0.411. The van der Waals surface area contributed by atoms with Crippen molar-refractivity contribution in [2.75, 3.05) is 0 Å². The van der Waals surface area contributed by atoms with Gasteiger partial charge < -0.3 is 21.9 Å². The van der Waals surface area contributed by atoms with Crippen molar-refractivity contribution in [3.05, 3.63) is 0 Å². The molecular formula is H8B8N2O13. The van der Waals surface area contributed by atoms with Crippen molar-refractivity contribution < 1.29 is 63.8 Å². The van der Waals surface area contributed by atoms with Crippen LogP contribution in [0.4, 0.5) is 0 Å². The summed E-state index contributed by atoms with van der Waals surface area (Å²) < 4.78 is 64.1. The summed E-state index contributed by atoms with van der Waals surface area (Å²) in [6.45, 7) is 0. The molecule has 0 rings (SSSR count). The van der Waals surface area contributed by atoms with Crippen molar-refractivity contribution in [3.8, 4) is 0 Å². The Morgan fingerprint density at radius 1 is 0.435 bits per heavy atom. The SMILES string of the molecule is B#N.B#N.O.O.O.O.O=BOB=O.O=BOB=O.O=BOB=O. The Kier molecular flexibility index (Phi) is 375. The van der Waals surface area contributed by atoms with Crippen LogP contribution in [0.3, 0.4) is 0 Å². The molecule has 0 spiro atoms. The van der Waals surface area contributed by atoms with E-state index in [2.05, 4.69) is 28.7 Å². The van der Waals surface area contributed by atoms with Gasteiger partial charge in [-0.15, -0.1) is 0 Å². The Morgan fingerprint density at radius 3 is 0.522 bits per heavy atom. The second-order valence-electron chi connectivity index (χ2n) is 0.986. The first-order valence-corrected chi connectivity index (χ1v) is 3.34. The van der Waals surface area contributed by atoms with Crippen molar-refractivity contribution in [2.24, 2.45) is 0 Å². The molecule has 0 unspecified atom stereocenters. The number of hydrogen-bond acceptors (Lipinski definition) is 11. The predicted molar refractivity (Wildman–Crippen MR) is 71.3 cm³/mol. The van der Waals surface area contributed by atoms with E-state index in [0.717, 1.165) is 0 Å². The van der Waals surface area contributed by atoms with E-state index in [4.69, 9.17) is 38.5 Å². The van der Waals surface area contributed by atoms with E-state index in [0.29, 0.717) is 0 Å². The van der Waals surface area contributed by atoms with Crippen LogP contribution in [0, 0.1) is 10.3 Å². The first-order valence-electron chi connectivity index (χ1n) is 3.34. The summed E-state index contributed by atoms with van der Waals surface area (Å²) in [4.78, 5) is 0. The summed E-state index contributed by atoms with van der Waals surface area (Å²) in [7, 11) is 7.38. The molecule has 0 bridgehead atoms. The third kappa shape index (κ3) is 408. The molecule has 0 aromatic rings. The van der Waals surface area contributed by atoms with Gasteiger partial charge in [-0.25, -0.2) is 0 Å². The van der Waals surface area contributed by atoms with E-state index < -0.39 is 0 Å². The first kappa shape index (κ1) is 58.4. The van der Waals surface area contributed by atoms with Gasteiger partial charge in [-0.05, 0) is 0 Å². The Labute approximate surface area is 134 Å². The molecule has 23 heteroatoms. The van der Waals surface area contributed by atoms with Gasteiger partial charge in [0.25, 0.3) is 0 Å². The van der Waals surface area contributed by atoms with Crippen LogP contribution in [0.15, 0.2) is 0 Å². The van der Waals surface area contributed by atoms with Gasteiger partial charge in [0.15, 0.2) is 0 Å². The molecule has 0 saturated heterocycles. The summed E-state index contributed by atoms with van der Waals surface area (Å²) in [5.74, 6) is 0. The van der Waals surface area contributed by atoms with E-state index in [1.165, 1.54) is 0 Å². The van der Waals surface area contributed by atoms with Crippen molar-refractivity contribution in [1.29, 1.82) is 10.3 Å². The fourth-order valence-electron chi connectivity index (χ4n) is 0.0680. The van der Waals surface area contributed by atoms with Crippen LogP contribution in [0.1, 0.15) is 0 Å². The standard InChI is InChI=1S/3B2O3.2BN.4H2O/c3*3-1-5-2-4;2*1-2;;;;/h;;;;;4*1H2. The average molecular weight is 331 g/mol. The molecule has 0 radical (unpaired) electrons. The van der Waals surface area contributed by atoms with Crippen LogP contribution in [0.25, 0.3) is 0 Å². The molecule has 0 atom stereocenters. The fourth-order valence-corrected chi connectivity index (χ4v) is 0.0680. The van der Waals surface area contributed by atoms with Crippen LogP contribution in [-0.2, 0) is 41.9 Å². The minimum atomic E-state index is 0. The summed E-state index contributed by atoms with van der Waals surface area (Å²) in [6.07, 6.45) is 0. The van der Waals surface area contributed by atoms with E-state index >= 15 is 0 Å². The van der Waals surface area contributed by atoms with E-state index in [-0.39, 0.29) is 66.0 Å². The van der Waals surface area contributed by atoms with Crippen molar-refractivity contribution >= 4 is 59.1 Å². The molecule has 0 saturated carbocycles. The van der Waals surface area contributed by atoms with E-state index in [9.17, 15) is 0 Å². The molecule has 0 heterocycles. The molecule has 0 aliphatic rings. The number of rotatable bonds is 6. The average Bonchev–Trinajstić information content (AvgIpc) is 2.47. The normalized spacial score (nSPS) is 3.04. The molecule has 0 fully saturated rings. The van der Waals surface area contributed by atoms with Crippen LogP contribution in [0.2, 0.25) is 0 Å². The van der Waals surface area contributed by atoms with Gasteiger partial charge in [-0.1, -0.05) is 0 Å². The van der Waals surface area contributed by atoms with Crippen LogP contribution in [-0.4, -0.2) is 81.0 Å². The van der Waals surface area contributed by atoms with Gasteiger partial charge in [0.1, 0.15) is 0 Å². The molecule has 0 aromatic heterocycles. The Hall–Kier alpha value is -2.02.